The lowest BCUT2D eigenvalue weighted by molar-refractivity contribution is 0.140. The first-order valence-corrected chi connectivity index (χ1v) is 8.31. The van der Waals surface area contributed by atoms with Crippen molar-refractivity contribution in [2.24, 2.45) is 0 Å². The highest BCUT2D eigenvalue weighted by Gasteiger charge is 2.19. The molecular formula is C17H17FINO4. The largest absolute Gasteiger partial charge is 0.486 e. The molecule has 0 unspecified atom stereocenters. The molecule has 2 rings (SSSR count). The van der Waals surface area contributed by atoms with Crippen LogP contribution in [0.15, 0.2) is 36.4 Å². The minimum atomic E-state index is -0.920. The van der Waals surface area contributed by atoms with Crippen molar-refractivity contribution in [3.05, 3.63) is 56.9 Å². The number of anilines is 1. The number of amides is 1. The molecule has 0 spiro atoms. The highest BCUT2D eigenvalue weighted by atomic mass is 127. The lowest BCUT2D eigenvalue weighted by Crippen LogP contribution is -2.28. The van der Waals surface area contributed by atoms with Crippen LogP contribution in [0.5, 0.6) is 5.75 Å². The van der Waals surface area contributed by atoms with E-state index in [0.29, 0.717) is 10.6 Å². The molecular weight excluding hydrogens is 428 g/mol. The predicted molar refractivity (Wildman–Crippen MR) is 95.9 cm³/mol. The van der Waals surface area contributed by atoms with Crippen LogP contribution in [-0.4, -0.2) is 18.4 Å². The van der Waals surface area contributed by atoms with Gasteiger partial charge < -0.3 is 9.47 Å². The fourth-order valence-corrected chi connectivity index (χ4v) is 2.74. The summed E-state index contributed by atoms with van der Waals surface area (Å²) in [6.45, 7) is 1.93. The molecule has 0 atom stereocenters. The van der Waals surface area contributed by atoms with Crippen molar-refractivity contribution in [3.63, 3.8) is 0 Å². The van der Waals surface area contributed by atoms with E-state index in [2.05, 4.69) is 27.3 Å². The van der Waals surface area contributed by atoms with Crippen LogP contribution in [0.3, 0.4) is 0 Å². The summed E-state index contributed by atoms with van der Waals surface area (Å²) >= 11 is 2.05. The molecule has 0 aliphatic rings. The summed E-state index contributed by atoms with van der Waals surface area (Å²) in [5.41, 5.74) is 1.64. The maximum atomic E-state index is 14.0. The van der Waals surface area contributed by atoms with E-state index < -0.39 is 11.9 Å². The number of aryl methyl sites for hydroxylation is 1. The molecule has 0 aliphatic heterocycles. The molecule has 24 heavy (non-hydrogen) atoms. The van der Waals surface area contributed by atoms with Gasteiger partial charge in [0.1, 0.15) is 6.61 Å². The third-order valence-corrected chi connectivity index (χ3v) is 4.46. The highest BCUT2D eigenvalue weighted by Crippen LogP contribution is 2.27. The lowest BCUT2D eigenvalue weighted by atomic mass is 10.1. The molecule has 0 aliphatic carbocycles. The number of rotatable bonds is 5. The second kappa shape index (κ2) is 8.29. The van der Waals surface area contributed by atoms with Crippen molar-refractivity contribution < 1.29 is 23.9 Å². The highest BCUT2D eigenvalue weighted by molar-refractivity contribution is 14.1. The Morgan fingerprint density at radius 1 is 1.33 bits per heavy atom. The number of carbonyl (C=O) groups is 1. The van der Waals surface area contributed by atoms with Crippen molar-refractivity contribution in [3.8, 4) is 5.75 Å². The molecule has 0 heterocycles. The maximum Gasteiger partial charge on any atom is 0.438 e. The van der Waals surface area contributed by atoms with Gasteiger partial charge >= 0.3 is 6.09 Å². The molecule has 1 N–H and O–H groups in total. The smallest absolute Gasteiger partial charge is 0.438 e. The summed E-state index contributed by atoms with van der Waals surface area (Å²) in [6.07, 6.45) is -0.187. The van der Waals surface area contributed by atoms with Crippen molar-refractivity contribution in [2.75, 3.05) is 12.2 Å². The average Bonchev–Trinajstić information content (AvgIpc) is 2.59. The van der Waals surface area contributed by atoms with Gasteiger partial charge in [-0.2, -0.15) is 5.06 Å². The number of nitrogens with zero attached hydrogens (tertiary/aromatic N) is 1. The molecule has 1 amide bonds. The number of ether oxygens (including phenoxy) is 2. The van der Waals surface area contributed by atoms with Crippen LogP contribution in [0.1, 0.15) is 18.1 Å². The molecule has 0 bridgehead atoms. The SMILES string of the molecule is CCc1ccc(OCc2c(I)cccc2N(O)C(=O)OC)c(F)c1. The monoisotopic (exact) mass is 445 g/mol. The van der Waals surface area contributed by atoms with Gasteiger partial charge in [0.25, 0.3) is 0 Å². The van der Waals surface area contributed by atoms with Crippen LogP contribution < -0.4 is 9.80 Å². The Kier molecular flexibility index (Phi) is 6.38. The predicted octanol–water partition coefficient (Wildman–Crippen LogP) is 4.53. The van der Waals surface area contributed by atoms with Gasteiger partial charge in [-0.05, 0) is 58.8 Å². The second-order valence-corrected chi connectivity index (χ2v) is 6.09. The third kappa shape index (κ3) is 4.15. The Bertz CT molecular complexity index is 739. The number of carbonyl (C=O) groups excluding carboxylic acids is 1. The van der Waals surface area contributed by atoms with Gasteiger partial charge in [0.05, 0.1) is 12.8 Å². The summed E-state index contributed by atoms with van der Waals surface area (Å²) in [7, 11) is 1.17. The molecule has 0 saturated heterocycles. The fourth-order valence-electron chi connectivity index (χ4n) is 2.10. The van der Waals surface area contributed by atoms with Crippen LogP contribution >= 0.6 is 22.6 Å². The topological polar surface area (TPSA) is 59.0 Å². The molecule has 2 aromatic rings. The van der Waals surface area contributed by atoms with Gasteiger partial charge in [0.15, 0.2) is 11.6 Å². The minimum Gasteiger partial charge on any atom is -0.486 e. The number of halogens is 2. The van der Waals surface area contributed by atoms with E-state index >= 15 is 0 Å². The van der Waals surface area contributed by atoms with Crippen molar-refractivity contribution >= 4 is 34.4 Å². The van der Waals surface area contributed by atoms with E-state index in [4.69, 9.17) is 4.74 Å². The quantitative estimate of drug-likeness (QED) is 0.418. The first-order chi connectivity index (χ1) is 11.5. The summed E-state index contributed by atoms with van der Waals surface area (Å²) < 4.78 is 24.8. The van der Waals surface area contributed by atoms with Crippen molar-refractivity contribution in [1.82, 2.24) is 0 Å². The number of benzene rings is 2. The summed E-state index contributed by atoms with van der Waals surface area (Å²) in [5, 5.41) is 10.3. The maximum absolute atomic E-state index is 14.0. The minimum absolute atomic E-state index is 0.00904. The van der Waals surface area contributed by atoms with Crippen LogP contribution in [0.25, 0.3) is 0 Å². The van der Waals surface area contributed by atoms with Gasteiger partial charge in [-0.25, -0.2) is 9.18 Å². The molecule has 0 saturated carbocycles. The van der Waals surface area contributed by atoms with Gasteiger partial charge in [-0.3, -0.25) is 5.21 Å². The number of hydrogen-bond donors (Lipinski definition) is 1. The van der Waals surface area contributed by atoms with E-state index in [9.17, 15) is 14.4 Å². The van der Waals surface area contributed by atoms with E-state index in [1.165, 1.54) is 13.2 Å². The average molecular weight is 445 g/mol. The van der Waals surface area contributed by atoms with Gasteiger partial charge in [0, 0.05) is 9.13 Å². The Balaban J connectivity index is 2.25. The zero-order chi connectivity index (χ0) is 17.7. The zero-order valence-corrected chi connectivity index (χ0v) is 15.4. The Morgan fingerprint density at radius 2 is 2.08 bits per heavy atom. The van der Waals surface area contributed by atoms with Crippen molar-refractivity contribution in [2.45, 2.75) is 20.0 Å². The van der Waals surface area contributed by atoms with E-state index in [1.54, 1.807) is 30.3 Å². The van der Waals surface area contributed by atoms with Gasteiger partial charge in [-0.15, -0.1) is 0 Å². The molecule has 5 nitrogen and oxygen atoms in total. The first kappa shape index (κ1) is 18.5. The summed E-state index contributed by atoms with van der Waals surface area (Å²) in [5.74, 6) is -0.337. The van der Waals surface area contributed by atoms with Crippen LogP contribution in [0.4, 0.5) is 14.9 Å². The normalized spacial score (nSPS) is 10.4. The number of hydrogen-bond acceptors (Lipinski definition) is 4. The molecule has 0 radical (unpaired) electrons. The third-order valence-electron chi connectivity index (χ3n) is 3.45. The van der Waals surface area contributed by atoms with Crippen LogP contribution in [-0.2, 0) is 17.8 Å². The molecule has 2 aromatic carbocycles. The van der Waals surface area contributed by atoms with E-state index in [-0.39, 0.29) is 18.0 Å². The molecule has 7 heteroatoms. The first-order valence-electron chi connectivity index (χ1n) is 7.23. The molecule has 0 aromatic heterocycles. The molecule has 128 valence electrons. The lowest BCUT2D eigenvalue weighted by Gasteiger charge is -2.19. The Morgan fingerprint density at radius 3 is 2.71 bits per heavy atom. The van der Waals surface area contributed by atoms with Gasteiger partial charge in [-0.1, -0.05) is 19.1 Å². The Hall–Kier alpha value is -1.87. The summed E-state index contributed by atoms with van der Waals surface area (Å²) in [6, 6.07) is 9.82. The van der Waals surface area contributed by atoms with Crippen LogP contribution in [0.2, 0.25) is 0 Å². The fraction of sp³-hybridized carbons (Fsp3) is 0.235. The van der Waals surface area contributed by atoms with E-state index in [0.717, 1.165) is 15.6 Å². The van der Waals surface area contributed by atoms with E-state index in [1.807, 2.05) is 6.92 Å². The van der Waals surface area contributed by atoms with Crippen molar-refractivity contribution in [1.29, 1.82) is 0 Å². The van der Waals surface area contributed by atoms with Crippen LogP contribution in [0, 0.1) is 9.39 Å². The van der Waals surface area contributed by atoms with Gasteiger partial charge in [0.2, 0.25) is 0 Å². The zero-order valence-electron chi connectivity index (χ0n) is 13.3. The number of methoxy groups -OCH3 is 1. The second-order valence-electron chi connectivity index (χ2n) is 4.93. The number of hydroxylamine groups is 1. The standard InChI is InChI=1S/C17H17FINO4/c1-3-11-7-8-16(13(18)9-11)24-10-12-14(19)5-4-6-15(12)20(22)17(21)23-2/h4-9,22H,3,10H2,1-2H3. The summed E-state index contributed by atoms with van der Waals surface area (Å²) in [4.78, 5) is 11.5. The Labute approximate surface area is 153 Å². The molecule has 0 fully saturated rings.